The lowest BCUT2D eigenvalue weighted by Crippen LogP contribution is -2.54. The van der Waals surface area contributed by atoms with E-state index in [4.69, 9.17) is 0 Å². The zero-order valence-electron chi connectivity index (χ0n) is 14.9. The summed E-state index contributed by atoms with van der Waals surface area (Å²) in [4.78, 5) is 39.8. The van der Waals surface area contributed by atoms with Crippen LogP contribution >= 0.6 is 0 Å². The van der Waals surface area contributed by atoms with Crippen molar-refractivity contribution in [3.8, 4) is 0 Å². The van der Waals surface area contributed by atoms with Gasteiger partial charge in [-0.15, -0.1) is 0 Å². The number of rotatable bonds is 3. The molecule has 134 valence electrons. The van der Waals surface area contributed by atoms with Crippen LogP contribution in [-0.4, -0.2) is 59.7 Å². The predicted molar refractivity (Wildman–Crippen MR) is 93.9 cm³/mol. The van der Waals surface area contributed by atoms with Crippen molar-refractivity contribution >= 4 is 17.7 Å². The van der Waals surface area contributed by atoms with Gasteiger partial charge in [0.25, 0.3) is 0 Å². The number of nitrogens with one attached hydrogen (secondary N) is 1. The molecule has 2 aliphatic rings. The molecule has 1 aromatic rings. The molecule has 1 unspecified atom stereocenters. The van der Waals surface area contributed by atoms with E-state index in [1.807, 2.05) is 24.8 Å². The number of carbonyl (C=O) groups excluding carboxylic acids is 3. The molecule has 2 saturated heterocycles. The number of nitrogens with zero attached hydrogens (tertiary/aromatic N) is 2. The van der Waals surface area contributed by atoms with Crippen molar-refractivity contribution in [2.75, 3.05) is 26.2 Å². The molecule has 0 saturated carbocycles. The fourth-order valence-corrected chi connectivity index (χ4v) is 3.46. The first-order valence-electron chi connectivity index (χ1n) is 8.86. The first-order valence-corrected chi connectivity index (χ1v) is 8.86. The summed E-state index contributed by atoms with van der Waals surface area (Å²) in [6, 6.07) is 5.78. The third-order valence-electron chi connectivity index (χ3n) is 5.08. The van der Waals surface area contributed by atoms with Crippen LogP contribution in [0.2, 0.25) is 0 Å². The highest BCUT2D eigenvalue weighted by Crippen LogP contribution is 2.15. The third kappa shape index (κ3) is 4.00. The van der Waals surface area contributed by atoms with Gasteiger partial charge in [-0.3, -0.25) is 14.4 Å². The van der Waals surface area contributed by atoms with Gasteiger partial charge in [-0.05, 0) is 31.4 Å². The minimum atomic E-state index is -0.385. The summed E-state index contributed by atoms with van der Waals surface area (Å²) in [5.74, 6) is 0.0307. The first-order chi connectivity index (χ1) is 11.9. The quantitative estimate of drug-likeness (QED) is 0.882. The Hall–Kier alpha value is -2.37. The van der Waals surface area contributed by atoms with Gasteiger partial charge in [0.05, 0.1) is 6.42 Å². The number of carbonyl (C=O) groups is 3. The molecule has 25 heavy (non-hydrogen) atoms. The molecule has 2 aliphatic heterocycles. The Kier molecular flexibility index (Phi) is 5.06. The van der Waals surface area contributed by atoms with Crippen LogP contribution in [-0.2, 0) is 20.8 Å². The lowest BCUT2D eigenvalue weighted by atomic mass is 10.0. The number of hydrogen-bond donors (Lipinski definition) is 1. The van der Waals surface area contributed by atoms with Gasteiger partial charge in [0.15, 0.2) is 0 Å². The van der Waals surface area contributed by atoms with Gasteiger partial charge in [-0.25, -0.2) is 0 Å². The topological polar surface area (TPSA) is 69.7 Å². The van der Waals surface area contributed by atoms with Crippen LogP contribution in [0.15, 0.2) is 18.2 Å². The lowest BCUT2D eigenvalue weighted by Gasteiger charge is -2.36. The van der Waals surface area contributed by atoms with E-state index in [0.717, 1.165) is 16.7 Å². The van der Waals surface area contributed by atoms with Crippen molar-refractivity contribution in [1.29, 1.82) is 0 Å². The van der Waals surface area contributed by atoms with E-state index >= 15 is 0 Å². The highest BCUT2D eigenvalue weighted by molar-refractivity contribution is 5.91. The molecule has 0 aliphatic carbocycles. The van der Waals surface area contributed by atoms with Gasteiger partial charge in [0.2, 0.25) is 17.7 Å². The molecule has 2 heterocycles. The summed E-state index contributed by atoms with van der Waals surface area (Å²) in [5, 5.41) is 2.72. The zero-order valence-corrected chi connectivity index (χ0v) is 14.9. The smallest absolute Gasteiger partial charge is 0.245 e. The van der Waals surface area contributed by atoms with Crippen LogP contribution in [0.5, 0.6) is 0 Å². The molecule has 0 spiro atoms. The molecule has 1 N–H and O–H groups in total. The van der Waals surface area contributed by atoms with E-state index in [0.29, 0.717) is 45.4 Å². The SMILES string of the molecule is Cc1ccc(C)c(CC(=O)N2CCN(C(=O)C3CCC(=O)N3)CC2)c1. The number of amides is 3. The molecule has 0 aromatic heterocycles. The molecule has 3 rings (SSSR count). The Morgan fingerprint density at radius 2 is 1.80 bits per heavy atom. The monoisotopic (exact) mass is 343 g/mol. The van der Waals surface area contributed by atoms with Gasteiger partial charge >= 0.3 is 0 Å². The number of aryl methyl sites for hydroxylation is 2. The molecule has 3 amide bonds. The summed E-state index contributed by atoms with van der Waals surface area (Å²) >= 11 is 0. The Morgan fingerprint density at radius 3 is 2.44 bits per heavy atom. The second-order valence-electron chi connectivity index (χ2n) is 6.97. The summed E-state index contributed by atoms with van der Waals surface area (Å²) < 4.78 is 0. The second kappa shape index (κ2) is 7.25. The molecule has 2 fully saturated rings. The van der Waals surface area contributed by atoms with Gasteiger partial charge in [-0.2, -0.15) is 0 Å². The maximum atomic E-state index is 12.6. The van der Waals surface area contributed by atoms with Crippen LogP contribution in [0.25, 0.3) is 0 Å². The summed E-state index contributed by atoms with van der Waals surface area (Å²) in [7, 11) is 0. The van der Waals surface area contributed by atoms with Crippen molar-refractivity contribution in [1.82, 2.24) is 15.1 Å². The minimum Gasteiger partial charge on any atom is -0.344 e. The summed E-state index contributed by atoms with van der Waals surface area (Å²) in [6.07, 6.45) is 1.40. The number of piperazine rings is 1. The largest absolute Gasteiger partial charge is 0.344 e. The van der Waals surface area contributed by atoms with E-state index in [9.17, 15) is 14.4 Å². The van der Waals surface area contributed by atoms with Gasteiger partial charge in [0, 0.05) is 32.6 Å². The fourth-order valence-electron chi connectivity index (χ4n) is 3.46. The number of benzene rings is 1. The summed E-state index contributed by atoms with van der Waals surface area (Å²) in [5.41, 5.74) is 3.35. The number of hydrogen-bond acceptors (Lipinski definition) is 3. The minimum absolute atomic E-state index is 0.0209. The average molecular weight is 343 g/mol. The molecule has 6 nitrogen and oxygen atoms in total. The standard InChI is InChI=1S/C19H25N3O3/c1-13-3-4-14(2)15(11-13)12-18(24)21-7-9-22(10-8-21)19(25)16-5-6-17(23)20-16/h3-4,11,16H,5-10,12H2,1-2H3,(H,20,23). The maximum absolute atomic E-state index is 12.6. The van der Waals surface area contributed by atoms with Gasteiger partial charge in [0.1, 0.15) is 6.04 Å². The molecular formula is C19H25N3O3. The normalized spacial score (nSPS) is 20.6. The highest BCUT2D eigenvalue weighted by Gasteiger charge is 2.32. The Bertz CT molecular complexity index is 693. The Labute approximate surface area is 148 Å². The van der Waals surface area contributed by atoms with E-state index in [1.54, 1.807) is 4.90 Å². The van der Waals surface area contributed by atoms with E-state index < -0.39 is 0 Å². The third-order valence-corrected chi connectivity index (χ3v) is 5.08. The Balaban J connectivity index is 1.53. The van der Waals surface area contributed by atoms with Crippen molar-refractivity contribution in [3.05, 3.63) is 34.9 Å². The average Bonchev–Trinajstić information content (AvgIpc) is 3.04. The predicted octanol–water partition coefficient (Wildman–Crippen LogP) is 0.795. The molecule has 1 aromatic carbocycles. The van der Waals surface area contributed by atoms with Crippen LogP contribution in [0.1, 0.15) is 29.5 Å². The van der Waals surface area contributed by atoms with Crippen molar-refractivity contribution in [2.24, 2.45) is 0 Å². The molecular weight excluding hydrogens is 318 g/mol. The van der Waals surface area contributed by atoms with E-state index in [2.05, 4.69) is 17.4 Å². The zero-order chi connectivity index (χ0) is 18.0. The van der Waals surface area contributed by atoms with Gasteiger partial charge < -0.3 is 15.1 Å². The summed E-state index contributed by atoms with van der Waals surface area (Å²) in [6.45, 7) is 6.22. The maximum Gasteiger partial charge on any atom is 0.245 e. The van der Waals surface area contributed by atoms with Crippen LogP contribution in [0.4, 0.5) is 0 Å². The Morgan fingerprint density at radius 1 is 1.12 bits per heavy atom. The lowest BCUT2D eigenvalue weighted by molar-refractivity contribution is -0.140. The van der Waals surface area contributed by atoms with E-state index in [-0.39, 0.29) is 23.8 Å². The van der Waals surface area contributed by atoms with Crippen LogP contribution in [0.3, 0.4) is 0 Å². The van der Waals surface area contributed by atoms with Gasteiger partial charge in [-0.1, -0.05) is 23.8 Å². The molecule has 1 atom stereocenters. The molecule has 6 heteroatoms. The van der Waals surface area contributed by atoms with Crippen molar-refractivity contribution in [2.45, 2.75) is 39.2 Å². The molecule has 0 radical (unpaired) electrons. The van der Waals surface area contributed by atoms with Crippen LogP contribution < -0.4 is 5.32 Å². The first kappa shape index (κ1) is 17.5. The van der Waals surface area contributed by atoms with Crippen molar-refractivity contribution < 1.29 is 14.4 Å². The van der Waals surface area contributed by atoms with E-state index in [1.165, 1.54) is 0 Å². The molecule has 0 bridgehead atoms. The second-order valence-corrected chi connectivity index (χ2v) is 6.97. The van der Waals surface area contributed by atoms with Crippen LogP contribution in [0, 0.1) is 13.8 Å². The highest BCUT2D eigenvalue weighted by atomic mass is 16.2. The van der Waals surface area contributed by atoms with Crippen molar-refractivity contribution in [3.63, 3.8) is 0 Å². The fraction of sp³-hybridized carbons (Fsp3) is 0.526.